The number of benzene rings is 1. The van der Waals surface area contributed by atoms with Crippen LogP contribution in [0.1, 0.15) is 58.8 Å². The minimum atomic E-state index is -0.519. The molecule has 3 fully saturated rings. The summed E-state index contributed by atoms with van der Waals surface area (Å²) in [6.45, 7) is 3.79. The van der Waals surface area contributed by atoms with E-state index in [1.54, 1.807) is 0 Å². The molecule has 2 aromatic rings. The maximum Gasteiger partial charge on any atom is 0.207 e. The lowest BCUT2D eigenvalue weighted by atomic mass is 9.47. The molecule has 3 saturated carbocycles. The van der Waals surface area contributed by atoms with E-state index in [2.05, 4.69) is 22.4 Å². The van der Waals surface area contributed by atoms with Gasteiger partial charge in [-0.3, -0.25) is 9.78 Å². The summed E-state index contributed by atoms with van der Waals surface area (Å²) in [4.78, 5) is 14.6. The van der Waals surface area contributed by atoms with Crippen LogP contribution in [0.25, 0.3) is 10.9 Å². The van der Waals surface area contributed by atoms with Crippen LogP contribution < -0.4 is 10.1 Å². The summed E-state index contributed by atoms with van der Waals surface area (Å²) in [6.07, 6.45) is 11.2. The maximum atomic E-state index is 10.2. The van der Waals surface area contributed by atoms with Crippen molar-refractivity contribution in [2.45, 2.75) is 76.5 Å². The second kappa shape index (κ2) is 7.94. The smallest absolute Gasteiger partial charge is 0.207 e. The Morgan fingerprint density at radius 2 is 1.90 bits per heavy atom. The standard InChI is InChI=1S/C13H13NO.C11H19NO2/c1-4-10-5-3-9-14-13(10)12(8-1)15-11-6-2-7-11;1-10(2,14)8-3-11(4-8)5-9(6-11)12-7-13/h1,3-5,8-9,11H,2,6-7H2;7-9,14H,3-6H2,1-2H3,(H,12,13). The van der Waals surface area contributed by atoms with Crippen LogP contribution in [0.2, 0.25) is 0 Å². The number of para-hydroxylation sites is 1. The van der Waals surface area contributed by atoms with Gasteiger partial charge >= 0.3 is 0 Å². The third-order valence-corrected chi connectivity index (χ3v) is 6.96. The predicted molar refractivity (Wildman–Crippen MR) is 114 cm³/mol. The summed E-state index contributed by atoms with van der Waals surface area (Å²) in [5.41, 5.74) is 0.923. The molecule has 5 heteroatoms. The zero-order chi connectivity index (χ0) is 20.5. The Bertz CT molecular complexity index is 837. The van der Waals surface area contributed by atoms with Gasteiger partial charge in [0, 0.05) is 17.6 Å². The average Bonchev–Trinajstić information content (AvgIpc) is 2.58. The number of ether oxygens (including phenoxy) is 1. The molecule has 1 aromatic carbocycles. The van der Waals surface area contributed by atoms with Crippen molar-refractivity contribution in [3.05, 3.63) is 36.5 Å². The molecule has 0 saturated heterocycles. The monoisotopic (exact) mass is 396 g/mol. The molecule has 1 heterocycles. The third kappa shape index (κ3) is 4.40. The first kappa shape index (κ1) is 20.1. The van der Waals surface area contributed by atoms with Crippen molar-refractivity contribution < 1.29 is 14.6 Å². The SMILES string of the molecule is CC(C)(O)C1CC2(CC(NC=O)C2)C1.c1cnc2c(OC3CCC3)cccc2c1. The number of nitrogens with one attached hydrogen (secondary N) is 1. The Kier molecular flexibility index (Phi) is 5.52. The molecule has 3 aliphatic rings. The average molecular weight is 397 g/mol. The molecule has 1 aromatic heterocycles. The van der Waals surface area contributed by atoms with E-state index in [1.165, 1.54) is 19.3 Å². The molecule has 0 atom stereocenters. The van der Waals surface area contributed by atoms with Gasteiger partial charge in [-0.15, -0.1) is 0 Å². The molecule has 1 amide bonds. The van der Waals surface area contributed by atoms with Crippen LogP contribution in [-0.2, 0) is 4.79 Å². The van der Waals surface area contributed by atoms with Gasteiger partial charge in [-0.05, 0) is 82.3 Å². The van der Waals surface area contributed by atoms with Crippen molar-refractivity contribution in [2.75, 3.05) is 0 Å². The van der Waals surface area contributed by atoms with E-state index >= 15 is 0 Å². The van der Waals surface area contributed by atoms with Gasteiger partial charge in [-0.25, -0.2) is 0 Å². The first-order chi connectivity index (χ1) is 13.9. The van der Waals surface area contributed by atoms with E-state index in [0.29, 0.717) is 23.5 Å². The predicted octanol–water partition coefficient (Wildman–Crippen LogP) is 4.23. The highest BCUT2D eigenvalue weighted by Gasteiger charge is 2.55. The van der Waals surface area contributed by atoms with Crippen molar-refractivity contribution in [1.82, 2.24) is 10.3 Å². The number of fused-ring (bicyclic) bond motifs is 1. The Labute approximate surface area is 172 Å². The first-order valence-corrected chi connectivity index (χ1v) is 10.8. The van der Waals surface area contributed by atoms with Crippen LogP contribution in [0, 0.1) is 11.3 Å². The highest BCUT2D eigenvalue weighted by Crippen LogP contribution is 2.60. The lowest BCUT2D eigenvalue weighted by Gasteiger charge is -2.60. The number of amides is 1. The van der Waals surface area contributed by atoms with E-state index in [1.807, 2.05) is 38.2 Å². The number of rotatable bonds is 5. The molecular formula is C24H32N2O3. The number of pyridine rings is 1. The summed E-state index contributed by atoms with van der Waals surface area (Å²) in [6, 6.07) is 10.5. The van der Waals surface area contributed by atoms with Crippen LogP contribution >= 0.6 is 0 Å². The summed E-state index contributed by atoms with van der Waals surface area (Å²) in [5.74, 6) is 1.39. The summed E-state index contributed by atoms with van der Waals surface area (Å²) >= 11 is 0. The lowest BCUT2D eigenvalue weighted by Crippen LogP contribution is -2.58. The zero-order valence-electron chi connectivity index (χ0n) is 17.4. The first-order valence-electron chi connectivity index (χ1n) is 10.8. The van der Waals surface area contributed by atoms with Gasteiger partial charge in [0.2, 0.25) is 6.41 Å². The second-order valence-corrected chi connectivity index (χ2v) is 9.65. The Balaban J connectivity index is 0.000000142. The molecule has 3 aliphatic carbocycles. The van der Waals surface area contributed by atoms with Gasteiger partial charge in [0.15, 0.2) is 0 Å². The van der Waals surface area contributed by atoms with Crippen molar-refractivity contribution in [2.24, 2.45) is 11.3 Å². The number of hydrogen-bond donors (Lipinski definition) is 2. The zero-order valence-corrected chi connectivity index (χ0v) is 17.4. The van der Waals surface area contributed by atoms with Crippen LogP contribution in [0.4, 0.5) is 0 Å². The van der Waals surface area contributed by atoms with Gasteiger partial charge in [0.25, 0.3) is 0 Å². The number of hydrogen-bond acceptors (Lipinski definition) is 4. The summed E-state index contributed by atoms with van der Waals surface area (Å²) in [7, 11) is 0. The number of nitrogens with zero attached hydrogens (tertiary/aromatic N) is 1. The van der Waals surface area contributed by atoms with Crippen molar-refractivity contribution in [1.29, 1.82) is 0 Å². The van der Waals surface area contributed by atoms with Crippen molar-refractivity contribution in [3.8, 4) is 5.75 Å². The minimum absolute atomic E-state index is 0.398. The molecule has 156 valence electrons. The van der Waals surface area contributed by atoms with Crippen LogP contribution in [-0.4, -0.2) is 34.2 Å². The lowest BCUT2D eigenvalue weighted by molar-refractivity contribution is -0.133. The van der Waals surface area contributed by atoms with Gasteiger partial charge in [-0.2, -0.15) is 0 Å². The van der Waals surface area contributed by atoms with Gasteiger partial charge in [-0.1, -0.05) is 18.2 Å². The Morgan fingerprint density at radius 3 is 2.52 bits per heavy atom. The number of aliphatic hydroxyl groups is 1. The van der Waals surface area contributed by atoms with Crippen molar-refractivity contribution in [3.63, 3.8) is 0 Å². The molecule has 5 rings (SSSR count). The Hall–Kier alpha value is -2.14. The van der Waals surface area contributed by atoms with E-state index in [-0.39, 0.29) is 0 Å². The van der Waals surface area contributed by atoms with Gasteiger partial charge < -0.3 is 15.2 Å². The normalized spacial score (nSPS) is 28.4. The van der Waals surface area contributed by atoms with E-state index in [0.717, 1.165) is 48.7 Å². The summed E-state index contributed by atoms with van der Waals surface area (Å²) in [5, 5.41) is 13.8. The van der Waals surface area contributed by atoms with E-state index < -0.39 is 5.60 Å². The van der Waals surface area contributed by atoms with Gasteiger partial charge in [0.05, 0.1) is 11.7 Å². The number of carbonyl (C=O) groups is 1. The Morgan fingerprint density at radius 1 is 1.17 bits per heavy atom. The molecule has 0 radical (unpaired) electrons. The van der Waals surface area contributed by atoms with Crippen molar-refractivity contribution >= 4 is 17.3 Å². The van der Waals surface area contributed by atoms with E-state index in [4.69, 9.17) is 4.74 Å². The third-order valence-electron chi connectivity index (χ3n) is 6.96. The summed E-state index contributed by atoms with van der Waals surface area (Å²) < 4.78 is 5.90. The fraction of sp³-hybridized carbons (Fsp3) is 0.583. The largest absolute Gasteiger partial charge is 0.488 e. The molecule has 2 N–H and O–H groups in total. The van der Waals surface area contributed by atoms with Crippen LogP contribution in [0.15, 0.2) is 36.5 Å². The topological polar surface area (TPSA) is 71.5 Å². The van der Waals surface area contributed by atoms with Crippen LogP contribution in [0.5, 0.6) is 5.75 Å². The fourth-order valence-electron chi connectivity index (χ4n) is 4.86. The molecule has 0 aliphatic heterocycles. The highest BCUT2D eigenvalue weighted by atomic mass is 16.5. The van der Waals surface area contributed by atoms with E-state index in [9.17, 15) is 9.90 Å². The molecule has 0 bridgehead atoms. The number of aromatic nitrogens is 1. The number of carbonyl (C=O) groups excluding carboxylic acids is 1. The second-order valence-electron chi connectivity index (χ2n) is 9.65. The molecular weight excluding hydrogens is 364 g/mol. The maximum absolute atomic E-state index is 10.2. The molecule has 1 spiro atoms. The molecule has 29 heavy (non-hydrogen) atoms. The van der Waals surface area contributed by atoms with Gasteiger partial charge in [0.1, 0.15) is 11.3 Å². The quantitative estimate of drug-likeness (QED) is 0.742. The molecule has 5 nitrogen and oxygen atoms in total. The fourth-order valence-corrected chi connectivity index (χ4v) is 4.86. The molecule has 0 unspecified atom stereocenters. The highest BCUT2D eigenvalue weighted by molar-refractivity contribution is 5.84. The van der Waals surface area contributed by atoms with Crippen LogP contribution in [0.3, 0.4) is 0 Å². The minimum Gasteiger partial charge on any atom is -0.488 e.